The van der Waals surface area contributed by atoms with E-state index in [0.29, 0.717) is 12.8 Å². The van der Waals surface area contributed by atoms with Crippen LogP contribution in [0.2, 0.25) is 0 Å². The van der Waals surface area contributed by atoms with E-state index in [1.54, 1.807) is 20.8 Å². The predicted octanol–water partition coefficient (Wildman–Crippen LogP) is 0.0272. The van der Waals surface area contributed by atoms with Crippen molar-refractivity contribution in [3.63, 3.8) is 0 Å². The van der Waals surface area contributed by atoms with E-state index in [-0.39, 0.29) is 6.42 Å². The molecule has 2 aliphatic carbocycles. The number of hydrogen-bond acceptors (Lipinski definition) is 5. The summed E-state index contributed by atoms with van der Waals surface area (Å²) in [6.45, 7) is 6.59. The molecule has 5 heteroatoms. The van der Waals surface area contributed by atoms with Crippen molar-refractivity contribution in [3.05, 3.63) is 0 Å². The zero-order valence-electron chi connectivity index (χ0n) is 12.7. The average molecular weight is 288 g/mol. The van der Waals surface area contributed by atoms with Gasteiger partial charge in [0.1, 0.15) is 0 Å². The molecule has 0 amide bonds. The molecule has 5 N–H and O–H groups in total. The number of rotatable bonds is 1. The van der Waals surface area contributed by atoms with Crippen molar-refractivity contribution >= 4 is 0 Å². The van der Waals surface area contributed by atoms with Crippen LogP contribution in [0, 0.1) is 17.3 Å². The van der Waals surface area contributed by atoms with Gasteiger partial charge in [-0.3, -0.25) is 0 Å². The molecule has 0 saturated heterocycles. The third-order valence-corrected chi connectivity index (χ3v) is 5.65. The summed E-state index contributed by atoms with van der Waals surface area (Å²) in [4.78, 5) is 0. The zero-order chi connectivity index (χ0) is 15.5. The summed E-state index contributed by atoms with van der Waals surface area (Å²) in [6, 6.07) is 0. The molecule has 0 heterocycles. The maximum absolute atomic E-state index is 10.7. The molecule has 7 atom stereocenters. The van der Waals surface area contributed by atoms with Crippen LogP contribution >= 0.6 is 0 Å². The van der Waals surface area contributed by atoms with Crippen LogP contribution in [0.5, 0.6) is 0 Å². The molecule has 2 aliphatic rings. The van der Waals surface area contributed by atoms with Crippen LogP contribution < -0.4 is 0 Å². The molecule has 5 nitrogen and oxygen atoms in total. The van der Waals surface area contributed by atoms with E-state index in [1.807, 2.05) is 6.92 Å². The lowest BCUT2D eigenvalue weighted by Gasteiger charge is -2.60. The van der Waals surface area contributed by atoms with Crippen LogP contribution in [0.4, 0.5) is 0 Å². The Kier molecular flexibility index (Phi) is 3.76. The topological polar surface area (TPSA) is 101 Å². The minimum Gasteiger partial charge on any atom is -0.393 e. The average Bonchev–Trinajstić information content (AvgIpc) is 2.20. The standard InChI is InChI=1S/C15H28O5/c1-13(2,19)10-8(16)7-14(3)9(17)5-6-15(4,20)12(14)11(10)18/h8-12,16-20H,5-7H2,1-4H3/t8-,9+,10+,11+,12?,14-,15+/m0/s1. The smallest absolute Gasteiger partial charge is 0.0682 e. The highest BCUT2D eigenvalue weighted by molar-refractivity contribution is 5.12. The Balaban J connectivity index is 2.45. The second-order valence-electron chi connectivity index (χ2n) is 7.84. The summed E-state index contributed by atoms with van der Waals surface area (Å²) in [5.74, 6) is -1.31. The molecule has 0 bridgehead atoms. The lowest BCUT2D eigenvalue weighted by atomic mass is 9.49. The second kappa shape index (κ2) is 4.65. The molecular weight excluding hydrogens is 260 g/mol. The molecule has 0 aliphatic heterocycles. The van der Waals surface area contributed by atoms with Crippen LogP contribution in [-0.4, -0.2) is 55.0 Å². The maximum Gasteiger partial charge on any atom is 0.0682 e. The summed E-state index contributed by atoms with van der Waals surface area (Å²) in [5, 5.41) is 52.3. The van der Waals surface area contributed by atoms with E-state index in [0.717, 1.165) is 0 Å². The highest BCUT2D eigenvalue weighted by atomic mass is 16.3. The van der Waals surface area contributed by atoms with E-state index < -0.39 is 46.8 Å². The minimum atomic E-state index is -1.25. The first-order valence-electron chi connectivity index (χ1n) is 7.40. The fourth-order valence-corrected chi connectivity index (χ4v) is 4.75. The van der Waals surface area contributed by atoms with Gasteiger partial charge in [-0.15, -0.1) is 0 Å². The zero-order valence-corrected chi connectivity index (χ0v) is 12.7. The van der Waals surface area contributed by atoms with Gasteiger partial charge in [0.2, 0.25) is 0 Å². The fourth-order valence-electron chi connectivity index (χ4n) is 4.75. The van der Waals surface area contributed by atoms with Crippen LogP contribution in [-0.2, 0) is 0 Å². The first-order valence-corrected chi connectivity index (χ1v) is 7.40. The summed E-state index contributed by atoms with van der Waals surface area (Å²) in [6.07, 6.45) is -1.52. The van der Waals surface area contributed by atoms with Crippen LogP contribution in [0.25, 0.3) is 0 Å². The molecule has 20 heavy (non-hydrogen) atoms. The summed E-state index contributed by atoms with van der Waals surface area (Å²) in [7, 11) is 0. The monoisotopic (exact) mass is 288 g/mol. The van der Waals surface area contributed by atoms with Gasteiger partial charge in [-0.2, -0.15) is 0 Å². The van der Waals surface area contributed by atoms with Gasteiger partial charge in [0.05, 0.1) is 29.5 Å². The van der Waals surface area contributed by atoms with Gasteiger partial charge in [0, 0.05) is 17.3 Å². The highest BCUT2D eigenvalue weighted by Gasteiger charge is 2.63. The Labute approximate surface area is 120 Å². The number of fused-ring (bicyclic) bond motifs is 1. The largest absolute Gasteiger partial charge is 0.393 e. The first kappa shape index (κ1) is 16.2. The number of aliphatic hydroxyl groups is 5. The van der Waals surface area contributed by atoms with Crippen molar-refractivity contribution in [1.29, 1.82) is 0 Å². The van der Waals surface area contributed by atoms with Gasteiger partial charge >= 0.3 is 0 Å². The van der Waals surface area contributed by atoms with Crippen molar-refractivity contribution < 1.29 is 25.5 Å². The van der Waals surface area contributed by atoms with Crippen LogP contribution in [0.3, 0.4) is 0 Å². The molecule has 1 unspecified atom stereocenters. The van der Waals surface area contributed by atoms with Gasteiger partial charge in [-0.25, -0.2) is 0 Å². The van der Waals surface area contributed by atoms with Crippen molar-refractivity contribution in [3.8, 4) is 0 Å². The molecule has 0 aromatic heterocycles. The second-order valence-corrected chi connectivity index (χ2v) is 7.84. The quantitative estimate of drug-likeness (QED) is 0.468. The number of hydrogen-bond donors (Lipinski definition) is 5. The molecule has 2 rings (SSSR count). The Morgan fingerprint density at radius 2 is 1.65 bits per heavy atom. The van der Waals surface area contributed by atoms with E-state index in [1.165, 1.54) is 0 Å². The van der Waals surface area contributed by atoms with Gasteiger partial charge < -0.3 is 25.5 Å². The molecule has 0 spiro atoms. The maximum atomic E-state index is 10.7. The molecule has 0 radical (unpaired) electrons. The number of aliphatic hydroxyl groups excluding tert-OH is 3. The van der Waals surface area contributed by atoms with Crippen LogP contribution in [0.1, 0.15) is 47.0 Å². The summed E-state index contributed by atoms with van der Waals surface area (Å²) < 4.78 is 0. The summed E-state index contributed by atoms with van der Waals surface area (Å²) >= 11 is 0. The SMILES string of the molecule is CC(C)(O)[C@@H]1[C@@H](O)C[C@]2(C)C([C@@H]1O)[C@](C)(O)CC[C@H]2O. The van der Waals surface area contributed by atoms with Gasteiger partial charge in [-0.1, -0.05) is 6.92 Å². The Hall–Kier alpha value is -0.200. The molecule has 2 fully saturated rings. The Morgan fingerprint density at radius 3 is 2.15 bits per heavy atom. The Bertz CT molecular complexity index is 375. The van der Waals surface area contributed by atoms with Crippen molar-refractivity contribution in [1.82, 2.24) is 0 Å². The third-order valence-electron chi connectivity index (χ3n) is 5.65. The molecule has 0 aromatic rings. The fraction of sp³-hybridized carbons (Fsp3) is 1.00. The minimum absolute atomic E-state index is 0.265. The van der Waals surface area contributed by atoms with Crippen LogP contribution in [0.15, 0.2) is 0 Å². The Morgan fingerprint density at radius 1 is 1.10 bits per heavy atom. The van der Waals surface area contributed by atoms with E-state index in [4.69, 9.17) is 0 Å². The predicted molar refractivity (Wildman–Crippen MR) is 73.9 cm³/mol. The van der Waals surface area contributed by atoms with Gasteiger partial charge in [-0.05, 0) is 40.0 Å². The lowest BCUT2D eigenvalue weighted by molar-refractivity contribution is -0.257. The van der Waals surface area contributed by atoms with Crippen molar-refractivity contribution in [2.75, 3.05) is 0 Å². The normalized spacial score (nSPS) is 53.5. The molecular formula is C15H28O5. The lowest BCUT2D eigenvalue weighted by Crippen LogP contribution is -2.68. The third kappa shape index (κ3) is 2.29. The summed E-state index contributed by atoms with van der Waals surface area (Å²) in [5.41, 5.74) is -3.11. The van der Waals surface area contributed by atoms with E-state index >= 15 is 0 Å². The first-order chi connectivity index (χ1) is 8.91. The highest BCUT2D eigenvalue weighted by Crippen LogP contribution is 2.56. The van der Waals surface area contributed by atoms with Crippen molar-refractivity contribution in [2.45, 2.75) is 76.5 Å². The molecule has 118 valence electrons. The van der Waals surface area contributed by atoms with E-state index in [2.05, 4.69) is 0 Å². The van der Waals surface area contributed by atoms with Gasteiger partial charge in [0.25, 0.3) is 0 Å². The van der Waals surface area contributed by atoms with Gasteiger partial charge in [0.15, 0.2) is 0 Å². The molecule has 0 aromatic carbocycles. The van der Waals surface area contributed by atoms with Crippen molar-refractivity contribution in [2.24, 2.45) is 17.3 Å². The molecule has 2 saturated carbocycles. The van der Waals surface area contributed by atoms with E-state index in [9.17, 15) is 25.5 Å².